The molecule has 6 heteroatoms. The van der Waals surface area contributed by atoms with Gasteiger partial charge in [-0.1, -0.05) is 6.92 Å². The maximum absolute atomic E-state index is 12.0. The molecule has 2 rings (SSSR count). The number of aryl methyl sites for hydroxylation is 1. The maximum Gasteiger partial charge on any atom is 0.329 e. The van der Waals surface area contributed by atoms with Crippen molar-refractivity contribution in [3.8, 4) is 0 Å². The first-order valence-corrected chi connectivity index (χ1v) is 7.37. The van der Waals surface area contributed by atoms with Crippen molar-refractivity contribution in [1.82, 2.24) is 9.88 Å². The largest absolute Gasteiger partial charge is 0.458 e. The lowest BCUT2D eigenvalue weighted by Crippen LogP contribution is -2.40. The number of esters is 1. The first kappa shape index (κ1) is 14.0. The van der Waals surface area contributed by atoms with Crippen LogP contribution in [-0.2, 0) is 27.4 Å². The van der Waals surface area contributed by atoms with Crippen molar-refractivity contribution in [2.75, 3.05) is 6.54 Å². The highest BCUT2D eigenvalue weighted by molar-refractivity contribution is 7.09. The molecule has 2 heterocycles. The van der Waals surface area contributed by atoms with Crippen LogP contribution in [0.5, 0.6) is 0 Å². The van der Waals surface area contributed by atoms with Gasteiger partial charge in [0.1, 0.15) is 12.6 Å². The van der Waals surface area contributed by atoms with E-state index in [1.807, 2.05) is 12.3 Å². The summed E-state index contributed by atoms with van der Waals surface area (Å²) in [5.74, 6) is -0.389. The van der Waals surface area contributed by atoms with Crippen molar-refractivity contribution in [3.05, 3.63) is 16.1 Å². The zero-order chi connectivity index (χ0) is 13.8. The molecule has 0 aromatic carbocycles. The summed E-state index contributed by atoms with van der Waals surface area (Å²) >= 11 is 1.57. The monoisotopic (exact) mass is 282 g/mol. The summed E-state index contributed by atoms with van der Waals surface area (Å²) in [6.07, 6.45) is 2.44. The van der Waals surface area contributed by atoms with Crippen LogP contribution in [0.15, 0.2) is 5.38 Å². The number of thiazole rings is 1. The molecule has 1 aromatic rings. The third-order valence-electron chi connectivity index (χ3n) is 3.19. The molecule has 0 unspecified atom stereocenters. The van der Waals surface area contributed by atoms with E-state index in [2.05, 4.69) is 4.98 Å². The number of carbonyl (C=O) groups excluding carboxylic acids is 2. The first-order valence-electron chi connectivity index (χ1n) is 6.49. The topological polar surface area (TPSA) is 59.5 Å². The summed E-state index contributed by atoms with van der Waals surface area (Å²) < 4.78 is 5.26. The minimum absolute atomic E-state index is 0.0682. The Hall–Kier alpha value is -1.43. The Labute approximate surface area is 116 Å². The predicted octanol–water partition coefficient (Wildman–Crippen LogP) is 1.76. The van der Waals surface area contributed by atoms with Crippen molar-refractivity contribution < 1.29 is 14.3 Å². The summed E-state index contributed by atoms with van der Waals surface area (Å²) in [6.45, 7) is 4.36. The molecule has 19 heavy (non-hydrogen) atoms. The lowest BCUT2D eigenvalue weighted by molar-refractivity contribution is -0.154. The van der Waals surface area contributed by atoms with Gasteiger partial charge in [-0.3, -0.25) is 4.79 Å². The number of rotatable bonds is 4. The number of aromatic nitrogens is 1. The highest BCUT2D eigenvalue weighted by Crippen LogP contribution is 2.19. The number of amides is 1. The van der Waals surface area contributed by atoms with Gasteiger partial charge in [0.2, 0.25) is 5.91 Å². The SMILES string of the molecule is CCc1nc(COC(=O)[C@@H]2CCCN2C(C)=O)cs1. The molecule has 0 N–H and O–H groups in total. The molecule has 0 saturated carbocycles. The van der Waals surface area contributed by atoms with Gasteiger partial charge >= 0.3 is 5.97 Å². The molecule has 1 aromatic heterocycles. The van der Waals surface area contributed by atoms with Gasteiger partial charge in [0, 0.05) is 18.8 Å². The van der Waals surface area contributed by atoms with E-state index in [0.717, 1.165) is 23.5 Å². The van der Waals surface area contributed by atoms with Crippen LogP contribution in [0.2, 0.25) is 0 Å². The number of hydrogen-bond acceptors (Lipinski definition) is 5. The molecule has 1 atom stereocenters. The second-order valence-corrected chi connectivity index (χ2v) is 5.51. The fourth-order valence-corrected chi connectivity index (χ4v) is 2.94. The van der Waals surface area contributed by atoms with Gasteiger partial charge in [0.15, 0.2) is 0 Å². The lowest BCUT2D eigenvalue weighted by atomic mass is 10.2. The van der Waals surface area contributed by atoms with Crippen LogP contribution in [0.1, 0.15) is 37.4 Å². The first-order chi connectivity index (χ1) is 9.11. The van der Waals surface area contributed by atoms with Crippen LogP contribution >= 0.6 is 11.3 Å². The number of nitrogens with zero attached hydrogens (tertiary/aromatic N) is 2. The predicted molar refractivity (Wildman–Crippen MR) is 71.7 cm³/mol. The quantitative estimate of drug-likeness (QED) is 0.790. The van der Waals surface area contributed by atoms with E-state index in [4.69, 9.17) is 4.74 Å². The Morgan fingerprint density at radius 2 is 2.37 bits per heavy atom. The van der Waals surface area contributed by atoms with Crippen molar-refractivity contribution in [2.24, 2.45) is 0 Å². The molecule has 1 saturated heterocycles. The number of carbonyl (C=O) groups is 2. The third-order valence-corrected chi connectivity index (χ3v) is 4.24. The standard InChI is InChI=1S/C13H18N2O3S/c1-3-12-14-10(8-19-12)7-18-13(17)11-5-4-6-15(11)9(2)16/h8,11H,3-7H2,1-2H3/t11-/m0/s1. The van der Waals surface area contributed by atoms with Crippen LogP contribution in [0.3, 0.4) is 0 Å². The highest BCUT2D eigenvalue weighted by Gasteiger charge is 2.33. The van der Waals surface area contributed by atoms with E-state index in [1.165, 1.54) is 6.92 Å². The zero-order valence-electron chi connectivity index (χ0n) is 11.2. The average molecular weight is 282 g/mol. The summed E-state index contributed by atoms with van der Waals surface area (Å²) in [4.78, 5) is 29.3. The Balaban J connectivity index is 1.88. The highest BCUT2D eigenvalue weighted by atomic mass is 32.1. The van der Waals surface area contributed by atoms with Gasteiger partial charge in [-0.15, -0.1) is 11.3 Å². The van der Waals surface area contributed by atoms with Crippen LogP contribution in [0.25, 0.3) is 0 Å². The van der Waals surface area contributed by atoms with Gasteiger partial charge in [-0.05, 0) is 19.3 Å². The third kappa shape index (κ3) is 3.32. The maximum atomic E-state index is 12.0. The summed E-state index contributed by atoms with van der Waals surface area (Å²) in [6, 6.07) is -0.415. The molecule has 0 bridgehead atoms. The van der Waals surface area contributed by atoms with E-state index < -0.39 is 6.04 Å². The molecule has 1 amide bonds. The van der Waals surface area contributed by atoms with E-state index in [1.54, 1.807) is 16.2 Å². The smallest absolute Gasteiger partial charge is 0.329 e. The van der Waals surface area contributed by atoms with E-state index in [0.29, 0.717) is 13.0 Å². The minimum Gasteiger partial charge on any atom is -0.458 e. The van der Waals surface area contributed by atoms with Gasteiger partial charge in [0.05, 0.1) is 10.7 Å². The van der Waals surface area contributed by atoms with Crippen molar-refractivity contribution in [2.45, 2.75) is 45.8 Å². The van der Waals surface area contributed by atoms with Crippen LogP contribution < -0.4 is 0 Å². The van der Waals surface area contributed by atoms with Crippen molar-refractivity contribution in [3.63, 3.8) is 0 Å². The molecular formula is C13H18N2O3S. The average Bonchev–Trinajstić information content (AvgIpc) is 3.04. The summed E-state index contributed by atoms with van der Waals surface area (Å²) in [5, 5.41) is 2.95. The van der Waals surface area contributed by atoms with Crippen molar-refractivity contribution >= 4 is 23.2 Å². The molecule has 5 nitrogen and oxygen atoms in total. The molecule has 104 valence electrons. The fourth-order valence-electron chi connectivity index (χ4n) is 2.21. The Bertz CT molecular complexity index is 472. The molecule has 1 fully saturated rings. The zero-order valence-corrected chi connectivity index (χ0v) is 12.0. The fraction of sp³-hybridized carbons (Fsp3) is 0.615. The van der Waals surface area contributed by atoms with Crippen LogP contribution in [0, 0.1) is 0 Å². The Kier molecular flexibility index (Phi) is 4.52. The summed E-state index contributed by atoms with van der Waals surface area (Å²) in [7, 11) is 0. The van der Waals surface area contributed by atoms with Gasteiger partial charge in [0.25, 0.3) is 0 Å². The van der Waals surface area contributed by atoms with Crippen LogP contribution in [-0.4, -0.2) is 34.3 Å². The number of hydrogen-bond donors (Lipinski definition) is 0. The van der Waals surface area contributed by atoms with Gasteiger partial charge in [-0.25, -0.2) is 9.78 Å². The second-order valence-electron chi connectivity index (χ2n) is 4.56. The normalized spacial score (nSPS) is 18.6. The molecule has 0 radical (unpaired) electrons. The second kappa shape index (κ2) is 6.14. The molecular weight excluding hydrogens is 264 g/mol. The van der Waals surface area contributed by atoms with Gasteiger partial charge < -0.3 is 9.64 Å². The Morgan fingerprint density at radius 3 is 3.00 bits per heavy atom. The van der Waals surface area contributed by atoms with Crippen molar-refractivity contribution in [1.29, 1.82) is 0 Å². The van der Waals surface area contributed by atoms with E-state index in [9.17, 15) is 9.59 Å². The lowest BCUT2D eigenvalue weighted by Gasteiger charge is -2.21. The Morgan fingerprint density at radius 1 is 1.58 bits per heavy atom. The summed E-state index contributed by atoms with van der Waals surface area (Å²) in [5.41, 5.74) is 0.780. The van der Waals surface area contributed by atoms with Crippen LogP contribution in [0.4, 0.5) is 0 Å². The van der Waals surface area contributed by atoms with E-state index in [-0.39, 0.29) is 18.5 Å². The number of ether oxygens (including phenoxy) is 1. The molecule has 1 aliphatic heterocycles. The molecule has 0 spiro atoms. The minimum atomic E-state index is -0.415. The van der Waals surface area contributed by atoms with Gasteiger partial charge in [-0.2, -0.15) is 0 Å². The number of likely N-dealkylation sites (tertiary alicyclic amines) is 1. The van der Waals surface area contributed by atoms with E-state index >= 15 is 0 Å². The molecule has 0 aliphatic carbocycles. The molecule has 1 aliphatic rings.